The van der Waals surface area contributed by atoms with Crippen molar-refractivity contribution in [1.29, 1.82) is 0 Å². The summed E-state index contributed by atoms with van der Waals surface area (Å²) in [5.74, 6) is -3.03. The third-order valence-corrected chi connectivity index (χ3v) is 2.06. The lowest BCUT2D eigenvalue weighted by Crippen LogP contribution is -2.11. The van der Waals surface area contributed by atoms with Gasteiger partial charge in [-0.1, -0.05) is 0 Å². The molecule has 0 fully saturated rings. The van der Waals surface area contributed by atoms with Crippen LogP contribution in [0, 0.1) is 11.6 Å². The Balaban J connectivity index is 3.22. The molecule has 0 saturated heterocycles. The number of carbonyl (C=O) groups excluding carboxylic acids is 1. The van der Waals surface area contributed by atoms with Crippen LogP contribution in [0.15, 0.2) is 12.1 Å². The van der Waals surface area contributed by atoms with E-state index in [2.05, 4.69) is 4.74 Å². The van der Waals surface area contributed by atoms with Crippen molar-refractivity contribution in [3.63, 3.8) is 0 Å². The molecule has 1 rings (SSSR count). The Morgan fingerprint density at radius 1 is 1.47 bits per heavy atom. The van der Waals surface area contributed by atoms with Crippen LogP contribution in [0.25, 0.3) is 0 Å². The summed E-state index contributed by atoms with van der Waals surface area (Å²) in [4.78, 5) is 11.4. The molecular weight excluding hydrogens is 226 g/mol. The maximum Gasteiger partial charge on any atom is 0.200 e. The maximum absolute atomic E-state index is 13.0. The highest BCUT2D eigenvalue weighted by atomic mass is 35.5. The lowest BCUT2D eigenvalue weighted by molar-refractivity contribution is 0.0990. The van der Waals surface area contributed by atoms with E-state index in [0.717, 1.165) is 12.1 Å². The fourth-order valence-corrected chi connectivity index (χ4v) is 1.21. The number of carbonyl (C=O) groups is 1. The Kier molecular flexibility index (Phi) is 3.63. The molecule has 0 heterocycles. The van der Waals surface area contributed by atoms with Gasteiger partial charge in [-0.25, -0.2) is 4.39 Å². The molecule has 0 aliphatic heterocycles. The van der Waals surface area contributed by atoms with Crippen LogP contribution in [0.5, 0.6) is 5.75 Å². The second-order valence-electron chi connectivity index (χ2n) is 2.95. The van der Waals surface area contributed by atoms with E-state index < -0.39 is 22.8 Å². The van der Waals surface area contributed by atoms with Gasteiger partial charge in [0.25, 0.3) is 0 Å². The molecule has 1 atom stereocenters. The minimum atomic E-state index is -1.13. The van der Waals surface area contributed by atoms with Gasteiger partial charge in [0.2, 0.25) is 5.82 Å². The number of rotatable bonds is 3. The minimum Gasteiger partial charge on any atom is -0.494 e. The van der Waals surface area contributed by atoms with E-state index in [1.165, 1.54) is 14.0 Å². The van der Waals surface area contributed by atoms with Crippen molar-refractivity contribution >= 4 is 17.4 Å². The number of benzene rings is 1. The summed E-state index contributed by atoms with van der Waals surface area (Å²) >= 11 is 5.54. The molecule has 0 aliphatic rings. The number of Topliss-reactive ketones (excluding diaryl/α,β-unsaturated/α-hetero) is 1. The van der Waals surface area contributed by atoms with Gasteiger partial charge in [0.1, 0.15) is 0 Å². The van der Waals surface area contributed by atoms with Crippen LogP contribution < -0.4 is 4.74 Å². The van der Waals surface area contributed by atoms with Crippen molar-refractivity contribution in [2.75, 3.05) is 7.11 Å². The van der Waals surface area contributed by atoms with Crippen molar-refractivity contribution in [2.24, 2.45) is 0 Å². The number of hydrogen-bond donors (Lipinski definition) is 0. The molecule has 0 radical (unpaired) electrons. The smallest absolute Gasteiger partial charge is 0.200 e. The third kappa shape index (κ3) is 2.45. The van der Waals surface area contributed by atoms with Gasteiger partial charge in [-0.3, -0.25) is 4.79 Å². The third-order valence-electron chi connectivity index (χ3n) is 1.86. The van der Waals surface area contributed by atoms with Crippen molar-refractivity contribution in [3.8, 4) is 5.75 Å². The highest BCUT2D eigenvalue weighted by molar-refractivity contribution is 6.33. The molecule has 15 heavy (non-hydrogen) atoms. The highest BCUT2D eigenvalue weighted by Gasteiger charge is 2.18. The average molecular weight is 235 g/mol. The molecule has 2 nitrogen and oxygen atoms in total. The molecule has 0 saturated carbocycles. The Hall–Kier alpha value is -1.16. The maximum atomic E-state index is 13.0. The van der Waals surface area contributed by atoms with Crippen molar-refractivity contribution in [3.05, 3.63) is 29.3 Å². The molecule has 1 unspecified atom stereocenters. The first kappa shape index (κ1) is 11.9. The number of alkyl halides is 1. The van der Waals surface area contributed by atoms with E-state index >= 15 is 0 Å². The largest absolute Gasteiger partial charge is 0.494 e. The molecule has 1 aromatic carbocycles. The summed E-state index contributed by atoms with van der Waals surface area (Å²) in [6.45, 7) is 1.46. The first-order valence-electron chi connectivity index (χ1n) is 4.18. The van der Waals surface area contributed by atoms with Crippen LogP contribution in [0.2, 0.25) is 0 Å². The molecule has 82 valence electrons. The molecule has 1 aromatic rings. The summed E-state index contributed by atoms with van der Waals surface area (Å²) in [6, 6.07) is 1.93. The zero-order chi connectivity index (χ0) is 11.6. The van der Waals surface area contributed by atoms with Gasteiger partial charge in [0.05, 0.1) is 12.5 Å². The molecule has 0 aliphatic carbocycles. The average Bonchev–Trinajstić information content (AvgIpc) is 2.20. The van der Waals surface area contributed by atoms with E-state index in [4.69, 9.17) is 11.6 Å². The molecule has 0 N–H and O–H groups in total. The Labute approximate surface area is 90.8 Å². The van der Waals surface area contributed by atoms with Crippen molar-refractivity contribution in [1.82, 2.24) is 0 Å². The SMILES string of the molecule is COc1cc(C(=O)C(C)Cl)cc(F)c1F. The number of ether oxygens (including phenoxy) is 1. The van der Waals surface area contributed by atoms with Gasteiger partial charge in [-0.05, 0) is 19.1 Å². The normalized spacial score (nSPS) is 12.3. The van der Waals surface area contributed by atoms with E-state index in [1.807, 2.05) is 0 Å². The summed E-state index contributed by atoms with van der Waals surface area (Å²) in [7, 11) is 1.19. The fraction of sp³-hybridized carbons (Fsp3) is 0.300. The molecule has 0 bridgehead atoms. The van der Waals surface area contributed by atoms with Gasteiger partial charge < -0.3 is 4.74 Å². The molecule has 0 spiro atoms. The molecule has 0 aromatic heterocycles. The van der Waals surface area contributed by atoms with Crippen molar-refractivity contribution in [2.45, 2.75) is 12.3 Å². The van der Waals surface area contributed by atoms with Crippen molar-refractivity contribution < 1.29 is 18.3 Å². The lowest BCUT2D eigenvalue weighted by atomic mass is 10.1. The highest BCUT2D eigenvalue weighted by Crippen LogP contribution is 2.23. The van der Waals surface area contributed by atoms with Gasteiger partial charge in [-0.2, -0.15) is 4.39 Å². The zero-order valence-corrected chi connectivity index (χ0v) is 8.94. The quantitative estimate of drug-likeness (QED) is 0.594. The standard InChI is InChI=1S/C10H9ClF2O2/c1-5(11)10(14)6-3-7(12)9(13)8(4-6)15-2/h3-5H,1-2H3. The van der Waals surface area contributed by atoms with E-state index in [0.29, 0.717) is 0 Å². The number of ketones is 1. The summed E-state index contributed by atoms with van der Waals surface area (Å²) in [6.07, 6.45) is 0. The van der Waals surface area contributed by atoms with Crippen LogP contribution >= 0.6 is 11.6 Å². The van der Waals surface area contributed by atoms with Crippen LogP contribution in [-0.4, -0.2) is 18.3 Å². The molecule has 0 amide bonds. The van der Waals surface area contributed by atoms with Gasteiger partial charge in [0.15, 0.2) is 17.3 Å². The predicted octanol–water partition coefficient (Wildman–Crippen LogP) is 2.78. The van der Waals surface area contributed by atoms with Crippen LogP contribution in [0.4, 0.5) is 8.78 Å². The van der Waals surface area contributed by atoms with E-state index in [1.54, 1.807) is 0 Å². The van der Waals surface area contributed by atoms with Gasteiger partial charge in [0, 0.05) is 5.56 Å². The lowest BCUT2D eigenvalue weighted by Gasteiger charge is -2.07. The van der Waals surface area contributed by atoms with Gasteiger partial charge in [-0.15, -0.1) is 11.6 Å². The number of halogens is 3. The first-order valence-corrected chi connectivity index (χ1v) is 4.62. The van der Waals surface area contributed by atoms with Crippen LogP contribution in [0.3, 0.4) is 0 Å². The monoisotopic (exact) mass is 234 g/mol. The topological polar surface area (TPSA) is 26.3 Å². The molecular formula is C10H9ClF2O2. The zero-order valence-electron chi connectivity index (χ0n) is 8.18. The van der Waals surface area contributed by atoms with Crippen LogP contribution in [0.1, 0.15) is 17.3 Å². The summed E-state index contributed by atoms with van der Waals surface area (Å²) in [5.41, 5.74) is -0.00625. The number of hydrogen-bond acceptors (Lipinski definition) is 2. The fourth-order valence-electron chi connectivity index (χ4n) is 1.08. The van der Waals surface area contributed by atoms with Crippen LogP contribution in [-0.2, 0) is 0 Å². The predicted molar refractivity (Wildman–Crippen MR) is 52.6 cm³/mol. The Morgan fingerprint density at radius 2 is 2.07 bits per heavy atom. The minimum absolute atomic E-state index is 0.00625. The second kappa shape index (κ2) is 4.57. The first-order chi connectivity index (χ1) is 6.97. The molecule has 5 heteroatoms. The summed E-state index contributed by atoms with van der Waals surface area (Å²) < 4.78 is 30.6. The van der Waals surface area contributed by atoms with Gasteiger partial charge >= 0.3 is 0 Å². The number of methoxy groups -OCH3 is 1. The second-order valence-corrected chi connectivity index (χ2v) is 3.61. The summed E-state index contributed by atoms with van der Waals surface area (Å²) in [5, 5.41) is -0.792. The van der Waals surface area contributed by atoms with E-state index in [-0.39, 0.29) is 11.3 Å². The Bertz CT molecular complexity index is 391. The van der Waals surface area contributed by atoms with E-state index in [9.17, 15) is 13.6 Å². The Morgan fingerprint density at radius 3 is 2.53 bits per heavy atom.